The molecule has 0 unspecified atom stereocenters. The van der Waals surface area contributed by atoms with Crippen molar-refractivity contribution in [1.29, 1.82) is 5.26 Å². The van der Waals surface area contributed by atoms with E-state index < -0.39 is 0 Å². The Balaban J connectivity index is 3.49. The second kappa shape index (κ2) is 3.84. The molecule has 0 heterocycles. The van der Waals surface area contributed by atoms with E-state index in [1.165, 1.54) is 19.1 Å². The zero-order valence-electron chi connectivity index (χ0n) is 8.00. The first-order chi connectivity index (χ1) is 6.60. The Morgan fingerprint density at radius 3 is 2.57 bits per heavy atom. The molecule has 1 aromatic rings. The van der Waals surface area contributed by atoms with Crippen molar-refractivity contribution in [2.45, 2.75) is 13.8 Å². The largest absolute Gasteiger partial charge is 0.298 e. The fourth-order valence-corrected chi connectivity index (χ4v) is 1.18. The van der Waals surface area contributed by atoms with Crippen LogP contribution in [0.1, 0.15) is 38.8 Å². The van der Waals surface area contributed by atoms with Crippen LogP contribution < -0.4 is 0 Å². The number of aldehydes is 1. The fraction of sp³-hybridized carbons (Fsp3) is 0.182. The van der Waals surface area contributed by atoms with E-state index in [-0.39, 0.29) is 5.78 Å². The highest BCUT2D eigenvalue weighted by Gasteiger charge is 2.08. The van der Waals surface area contributed by atoms with Crippen molar-refractivity contribution in [3.63, 3.8) is 0 Å². The van der Waals surface area contributed by atoms with Gasteiger partial charge in [0.2, 0.25) is 0 Å². The highest BCUT2D eigenvalue weighted by atomic mass is 16.1. The minimum Gasteiger partial charge on any atom is -0.298 e. The number of nitriles is 1. The van der Waals surface area contributed by atoms with Gasteiger partial charge in [-0.2, -0.15) is 5.26 Å². The number of carbonyl (C=O) groups is 2. The molecule has 14 heavy (non-hydrogen) atoms. The molecule has 0 radical (unpaired) electrons. The average molecular weight is 187 g/mol. The quantitative estimate of drug-likeness (QED) is 0.524. The average Bonchev–Trinajstić information content (AvgIpc) is 2.17. The van der Waals surface area contributed by atoms with Gasteiger partial charge in [-0.25, -0.2) is 0 Å². The van der Waals surface area contributed by atoms with Gasteiger partial charge in [-0.15, -0.1) is 0 Å². The number of hydrogen-bond acceptors (Lipinski definition) is 3. The van der Waals surface area contributed by atoms with Crippen LogP contribution in [0.4, 0.5) is 0 Å². The zero-order valence-corrected chi connectivity index (χ0v) is 8.00. The van der Waals surface area contributed by atoms with E-state index >= 15 is 0 Å². The number of Topliss-reactive ketones (excluding diaryl/α,β-unsaturated/α-hetero) is 1. The molecule has 0 spiro atoms. The smallest absolute Gasteiger partial charge is 0.159 e. The molecule has 1 aromatic carbocycles. The van der Waals surface area contributed by atoms with Crippen LogP contribution in [-0.4, -0.2) is 12.1 Å². The Morgan fingerprint density at radius 2 is 2.14 bits per heavy atom. The third-order valence-corrected chi connectivity index (χ3v) is 2.10. The van der Waals surface area contributed by atoms with Crippen LogP contribution in [0.25, 0.3) is 0 Å². The molecular formula is C11H9NO2. The molecule has 3 heteroatoms. The highest BCUT2D eigenvalue weighted by molar-refractivity contribution is 5.96. The Hall–Kier alpha value is -1.95. The zero-order chi connectivity index (χ0) is 10.7. The molecular weight excluding hydrogens is 178 g/mol. The van der Waals surface area contributed by atoms with E-state index in [1.54, 1.807) is 6.92 Å². The fourth-order valence-electron chi connectivity index (χ4n) is 1.18. The van der Waals surface area contributed by atoms with Gasteiger partial charge in [0.15, 0.2) is 5.78 Å². The number of hydrogen-bond donors (Lipinski definition) is 0. The second-order valence-corrected chi connectivity index (χ2v) is 3.02. The van der Waals surface area contributed by atoms with E-state index in [1.807, 2.05) is 6.07 Å². The number of rotatable bonds is 2. The molecule has 0 aliphatic heterocycles. The molecule has 0 saturated carbocycles. The summed E-state index contributed by atoms with van der Waals surface area (Å²) in [6.45, 7) is 3.09. The van der Waals surface area contributed by atoms with Crippen molar-refractivity contribution < 1.29 is 9.59 Å². The Bertz CT molecular complexity index is 441. The lowest BCUT2D eigenvalue weighted by Crippen LogP contribution is -1.99. The summed E-state index contributed by atoms with van der Waals surface area (Å²) in [5, 5.41) is 8.77. The molecule has 0 atom stereocenters. The van der Waals surface area contributed by atoms with E-state index in [0.29, 0.717) is 28.5 Å². The Labute approximate surface area is 82.0 Å². The summed E-state index contributed by atoms with van der Waals surface area (Å²) in [6, 6.07) is 4.96. The van der Waals surface area contributed by atoms with Crippen molar-refractivity contribution >= 4 is 12.1 Å². The molecule has 0 fully saturated rings. The maximum Gasteiger partial charge on any atom is 0.159 e. The Morgan fingerprint density at radius 1 is 1.50 bits per heavy atom. The monoisotopic (exact) mass is 187 g/mol. The first-order valence-corrected chi connectivity index (χ1v) is 4.11. The third-order valence-electron chi connectivity index (χ3n) is 2.10. The molecule has 0 aliphatic carbocycles. The van der Waals surface area contributed by atoms with Gasteiger partial charge in [0.1, 0.15) is 6.29 Å². The lowest BCUT2D eigenvalue weighted by Gasteiger charge is -2.03. The summed E-state index contributed by atoms with van der Waals surface area (Å²) < 4.78 is 0. The summed E-state index contributed by atoms with van der Waals surface area (Å²) in [4.78, 5) is 21.7. The van der Waals surface area contributed by atoms with Crippen molar-refractivity contribution in [2.75, 3.05) is 0 Å². The van der Waals surface area contributed by atoms with E-state index in [4.69, 9.17) is 5.26 Å². The van der Waals surface area contributed by atoms with Gasteiger partial charge in [0.25, 0.3) is 0 Å². The van der Waals surface area contributed by atoms with Gasteiger partial charge in [0.05, 0.1) is 11.6 Å². The SMILES string of the molecule is CC(=O)c1cc(C#N)c(C)c(C=O)c1. The van der Waals surface area contributed by atoms with Gasteiger partial charge < -0.3 is 0 Å². The third kappa shape index (κ3) is 1.69. The van der Waals surface area contributed by atoms with Crippen molar-refractivity contribution in [3.8, 4) is 6.07 Å². The number of nitrogens with zero attached hydrogens (tertiary/aromatic N) is 1. The summed E-state index contributed by atoms with van der Waals surface area (Å²) >= 11 is 0. The predicted molar refractivity (Wildman–Crippen MR) is 51.3 cm³/mol. The lowest BCUT2D eigenvalue weighted by atomic mass is 9.98. The minimum absolute atomic E-state index is 0.149. The highest BCUT2D eigenvalue weighted by Crippen LogP contribution is 2.15. The first-order valence-electron chi connectivity index (χ1n) is 4.11. The van der Waals surface area contributed by atoms with Crippen LogP contribution >= 0.6 is 0 Å². The number of ketones is 1. The maximum atomic E-state index is 11.1. The Kier molecular flexibility index (Phi) is 2.78. The summed E-state index contributed by atoms with van der Waals surface area (Å²) in [6.07, 6.45) is 0.655. The number of carbonyl (C=O) groups excluding carboxylic acids is 2. The first kappa shape index (κ1) is 10.1. The molecule has 0 amide bonds. The molecule has 70 valence electrons. The molecule has 0 N–H and O–H groups in total. The van der Waals surface area contributed by atoms with E-state index in [0.717, 1.165) is 0 Å². The van der Waals surface area contributed by atoms with Gasteiger partial charge >= 0.3 is 0 Å². The van der Waals surface area contributed by atoms with Crippen molar-refractivity contribution in [1.82, 2.24) is 0 Å². The van der Waals surface area contributed by atoms with Crippen LogP contribution in [0.2, 0.25) is 0 Å². The second-order valence-electron chi connectivity index (χ2n) is 3.02. The van der Waals surface area contributed by atoms with Gasteiger partial charge in [-0.05, 0) is 31.5 Å². The molecule has 0 aliphatic rings. The molecule has 0 saturated heterocycles. The van der Waals surface area contributed by atoms with Crippen LogP contribution in [0.3, 0.4) is 0 Å². The predicted octanol–water partition coefficient (Wildman–Crippen LogP) is 1.88. The maximum absolute atomic E-state index is 11.1. The van der Waals surface area contributed by atoms with Crippen LogP contribution in [0.5, 0.6) is 0 Å². The van der Waals surface area contributed by atoms with E-state index in [9.17, 15) is 9.59 Å². The van der Waals surface area contributed by atoms with Crippen LogP contribution in [0, 0.1) is 18.3 Å². The van der Waals surface area contributed by atoms with Gasteiger partial charge in [-0.3, -0.25) is 9.59 Å². The van der Waals surface area contributed by atoms with Gasteiger partial charge in [-0.1, -0.05) is 0 Å². The molecule has 0 aromatic heterocycles. The topological polar surface area (TPSA) is 57.9 Å². The van der Waals surface area contributed by atoms with Crippen molar-refractivity contribution in [2.24, 2.45) is 0 Å². The standard InChI is InChI=1S/C11H9NO2/c1-7-10(5-12)3-9(8(2)14)4-11(7)6-13/h3-4,6H,1-2H3. The molecule has 1 rings (SSSR count). The van der Waals surface area contributed by atoms with Crippen LogP contribution in [-0.2, 0) is 0 Å². The van der Waals surface area contributed by atoms with E-state index in [2.05, 4.69) is 0 Å². The normalized spacial score (nSPS) is 9.21. The molecule has 0 bridgehead atoms. The van der Waals surface area contributed by atoms with Crippen LogP contribution in [0.15, 0.2) is 12.1 Å². The summed E-state index contributed by atoms with van der Waals surface area (Å²) in [7, 11) is 0. The molecule has 3 nitrogen and oxygen atoms in total. The summed E-state index contributed by atoms with van der Waals surface area (Å²) in [5.41, 5.74) is 1.79. The van der Waals surface area contributed by atoms with Gasteiger partial charge in [0, 0.05) is 11.1 Å². The number of benzene rings is 1. The summed E-state index contributed by atoms with van der Waals surface area (Å²) in [5.74, 6) is -0.149. The van der Waals surface area contributed by atoms with Crippen molar-refractivity contribution in [3.05, 3.63) is 34.4 Å². The minimum atomic E-state index is -0.149. The lowest BCUT2D eigenvalue weighted by molar-refractivity contribution is 0.101.